The lowest BCUT2D eigenvalue weighted by Crippen LogP contribution is -2.02. The van der Waals surface area contributed by atoms with Crippen LogP contribution < -0.4 is 0 Å². The fraction of sp³-hybridized carbons (Fsp3) is 0.0625. The highest BCUT2D eigenvalue weighted by atomic mass is 32.2. The molecule has 0 spiro atoms. The van der Waals surface area contributed by atoms with E-state index in [0.29, 0.717) is 11.4 Å². The fourth-order valence-electron chi connectivity index (χ4n) is 2.04. The Morgan fingerprint density at radius 1 is 0.957 bits per heavy atom. The van der Waals surface area contributed by atoms with Crippen molar-refractivity contribution in [3.8, 4) is 5.69 Å². The van der Waals surface area contributed by atoms with Gasteiger partial charge in [-0.15, -0.1) is 0 Å². The van der Waals surface area contributed by atoms with Gasteiger partial charge in [-0.2, -0.15) is 5.10 Å². The molecule has 2 aromatic carbocycles. The van der Waals surface area contributed by atoms with Gasteiger partial charge in [0.2, 0.25) is 0 Å². The SMILES string of the molecule is O=S(Cc1ccn(-c2ccc(F)cc2)n1)c1cc(F)ccc1F. The third-order valence-electron chi connectivity index (χ3n) is 3.15. The van der Waals surface area contributed by atoms with Gasteiger partial charge in [-0.1, -0.05) is 0 Å². The maximum absolute atomic E-state index is 13.6. The highest BCUT2D eigenvalue weighted by molar-refractivity contribution is 7.84. The van der Waals surface area contributed by atoms with E-state index >= 15 is 0 Å². The minimum absolute atomic E-state index is 0.0471. The second-order valence-corrected chi connectivity index (χ2v) is 6.21. The average Bonchev–Trinajstić information content (AvgIpc) is 2.99. The van der Waals surface area contributed by atoms with Crippen LogP contribution in [0.3, 0.4) is 0 Å². The van der Waals surface area contributed by atoms with Crippen LogP contribution in [-0.2, 0) is 16.6 Å². The van der Waals surface area contributed by atoms with Crippen LogP contribution in [0, 0.1) is 17.5 Å². The maximum Gasteiger partial charge on any atom is 0.139 e. The largest absolute Gasteiger partial charge is 0.254 e. The molecule has 1 heterocycles. The van der Waals surface area contributed by atoms with Crippen molar-refractivity contribution in [1.82, 2.24) is 9.78 Å². The van der Waals surface area contributed by atoms with Crippen molar-refractivity contribution in [2.24, 2.45) is 0 Å². The van der Waals surface area contributed by atoms with Crippen LogP contribution in [0.25, 0.3) is 5.69 Å². The lowest BCUT2D eigenvalue weighted by Gasteiger charge is -2.03. The van der Waals surface area contributed by atoms with Gasteiger partial charge in [0.15, 0.2) is 0 Å². The van der Waals surface area contributed by atoms with Gasteiger partial charge < -0.3 is 0 Å². The first-order valence-electron chi connectivity index (χ1n) is 6.67. The first-order valence-corrected chi connectivity index (χ1v) is 7.99. The van der Waals surface area contributed by atoms with E-state index in [4.69, 9.17) is 0 Å². The summed E-state index contributed by atoms with van der Waals surface area (Å²) in [6.45, 7) is 0. The molecule has 1 aromatic heterocycles. The van der Waals surface area contributed by atoms with Crippen molar-refractivity contribution in [1.29, 1.82) is 0 Å². The Morgan fingerprint density at radius 3 is 2.39 bits per heavy atom. The summed E-state index contributed by atoms with van der Waals surface area (Å²) >= 11 is 0. The van der Waals surface area contributed by atoms with Crippen molar-refractivity contribution in [2.45, 2.75) is 10.6 Å². The lowest BCUT2D eigenvalue weighted by molar-refractivity contribution is 0.572. The van der Waals surface area contributed by atoms with E-state index in [1.54, 1.807) is 24.4 Å². The summed E-state index contributed by atoms with van der Waals surface area (Å²) in [7, 11) is -1.75. The summed E-state index contributed by atoms with van der Waals surface area (Å²) in [5.41, 5.74) is 1.09. The molecule has 0 aliphatic rings. The van der Waals surface area contributed by atoms with Crippen LogP contribution in [0.2, 0.25) is 0 Å². The predicted molar refractivity (Wildman–Crippen MR) is 80.0 cm³/mol. The third kappa shape index (κ3) is 3.50. The molecule has 118 valence electrons. The molecular weight excluding hydrogens is 325 g/mol. The van der Waals surface area contributed by atoms with Crippen molar-refractivity contribution in [2.75, 3.05) is 0 Å². The molecule has 23 heavy (non-hydrogen) atoms. The smallest absolute Gasteiger partial charge is 0.139 e. The summed E-state index contributed by atoms with van der Waals surface area (Å²) in [5.74, 6) is -1.77. The molecule has 0 bridgehead atoms. The second-order valence-electron chi connectivity index (χ2n) is 4.79. The molecule has 3 nitrogen and oxygen atoms in total. The Balaban J connectivity index is 1.80. The molecule has 7 heteroatoms. The number of nitrogens with zero attached hydrogens (tertiary/aromatic N) is 2. The second kappa shape index (κ2) is 6.37. The van der Waals surface area contributed by atoms with Crippen molar-refractivity contribution >= 4 is 10.8 Å². The van der Waals surface area contributed by atoms with Gasteiger partial charge in [0.1, 0.15) is 17.5 Å². The Labute approximate surface area is 132 Å². The van der Waals surface area contributed by atoms with Gasteiger partial charge in [-0.05, 0) is 48.5 Å². The Hall–Kier alpha value is -2.41. The van der Waals surface area contributed by atoms with Gasteiger partial charge in [0, 0.05) is 6.20 Å². The Bertz CT molecular complexity index is 862. The molecule has 0 amide bonds. The van der Waals surface area contributed by atoms with Gasteiger partial charge >= 0.3 is 0 Å². The fourth-order valence-corrected chi connectivity index (χ4v) is 3.15. The van der Waals surface area contributed by atoms with Gasteiger partial charge in [-0.25, -0.2) is 17.9 Å². The zero-order chi connectivity index (χ0) is 16.4. The normalized spacial score (nSPS) is 12.3. The number of hydrogen-bond acceptors (Lipinski definition) is 2. The van der Waals surface area contributed by atoms with Gasteiger partial charge in [0.05, 0.1) is 32.8 Å². The summed E-state index contributed by atoms with van der Waals surface area (Å²) in [5, 5.41) is 4.21. The molecular formula is C16H11F3N2OS. The zero-order valence-electron chi connectivity index (χ0n) is 11.7. The zero-order valence-corrected chi connectivity index (χ0v) is 12.6. The summed E-state index contributed by atoms with van der Waals surface area (Å²) < 4.78 is 53.3. The molecule has 0 aliphatic heterocycles. The minimum Gasteiger partial charge on any atom is -0.254 e. The van der Waals surface area contributed by atoms with E-state index in [2.05, 4.69) is 5.10 Å². The molecule has 1 unspecified atom stereocenters. The molecule has 0 N–H and O–H groups in total. The average molecular weight is 336 g/mol. The molecule has 0 radical (unpaired) electrons. The summed E-state index contributed by atoms with van der Waals surface area (Å²) in [6.07, 6.45) is 1.63. The number of benzene rings is 2. The van der Waals surface area contributed by atoms with Crippen LogP contribution in [0.4, 0.5) is 13.2 Å². The van der Waals surface area contributed by atoms with E-state index in [0.717, 1.165) is 18.2 Å². The van der Waals surface area contributed by atoms with Crippen molar-refractivity contribution < 1.29 is 17.4 Å². The van der Waals surface area contributed by atoms with Crippen LogP contribution in [0.1, 0.15) is 5.69 Å². The first kappa shape index (κ1) is 15.5. The number of halogens is 3. The molecule has 3 aromatic rings. The van der Waals surface area contributed by atoms with E-state index in [1.807, 2.05) is 0 Å². The number of rotatable bonds is 4. The van der Waals surface area contributed by atoms with Crippen LogP contribution in [-0.4, -0.2) is 14.0 Å². The molecule has 0 saturated carbocycles. The predicted octanol–water partition coefficient (Wildman–Crippen LogP) is 3.60. The van der Waals surface area contributed by atoms with Crippen molar-refractivity contribution in [3.05, 3.63) is 77.9 Å². The van der Waals surface area contributed by atoms with Gasteiger partial charge in [0.25, 0.3) is 0 Å². The van der Waals surface area contributed by atoms with E-state index in [9.17, 15) is 17.4 Å². The lowest BCUT2D eigenvalue weighted by atomic mass is 10.3. The highest BCUT2D eigenvalue weighted by Gasteiger charge is 2.13. The topological polar surface area (TPSA) is 34.9 Å². The van der Waals surface area contributed by atoms with Gasteiger partial charge in [-0.3, -0.25) is 4.21 Å². The van der Waals surface area contributed by atoms with E-state index in [-0.39, 0.29) is 16.5 Å². The highest BCUT2D eigenvalue weighted by Crippen LogP contribution is 2.17. The summed E-state index contributed by atoms with van der Waals surface area (Å²) in [4.78, 5) is -0.193. The molecule has 3 rings (SSSR count). The molecule has 0 aliphatic carbocycles. The number of hydrogen-bond donors (Lipinski definition) is 0. The minimum atomic E-state index is -1.75. The third-order valence-corrected chi connectivity index (χ3v) is 4.51. The standard InChI is InChI=1S/C16H11F3N2OS/c17-11-1-4-14(5-2-11)21-8-7-13(20-21)10-23(22)16-9-12(18)3-6-15(16)19/h1-9H,10H2. The molecule has 0 saturated heterocycles. The van der Waals surface area contributed by atoms with Crippen LogP contribution in [0.15, 0.2) is 59.6 Å². The van der Waals surface area contributed by atoms with E-state index in [1.165, 1.54) is 16.8 Å². The maximum atomic E-state index is 13.6. The molecule has 0 fully saturated rings. The quantitative estimate of drug-likeness (QED) is 0.730. The Morgan fingerprint density at radius 2 is 1.65 bits per heavy atom. The Kier molecular flexibility index (Phi) is 4.29. The summed E-state index contributed by atoms with van der Waals surface area (Å²) in [6, 6.07) is 10.2. The van der Waals surface area contributed by atoms with Crippen LogP contribution in [0.5, 0.6) is 0 Å². The van der Waals surface area contributed by atoms with Crippen LogP contribution >= 0.6 is 0 Å². The van der Waals surface area contributed by atoms with Crippen molar-refractivity contribution in [3.63, 3.8) is 0 Å². The van der Waals surface area contributed by atoms with E-state index < -0.39 is 22.4 Å². The monoisotopic (exact) mass is 336 g/mol. The number of aromatic nitrogens is 2. The molecule has 1 atom stereocenters. The first-order chi connectivity index (χ1) is 11.0.